The van der Waals surface area contributed by atoms with Crippen molar-refractivity contribution < 1.29 is 8.85 Å². The third-order valence-corrected chi connectivity index (χ3v) is 22.8. The van der Waals surface area contributed by atoms with Gasteiger partial charge in [0.2, 0.25) is 5.82 Å². The number of benzene rings is 5. The Balaban J connectivity index is 1.25. The molecule has 7 rings (SSSR count). The van der Waals surface area contributed by atoms with E-state index in [4.69, 9.17) is 29.2 Å². The molecule has 0 amide bonds. The van der Waals surface area contributed by atoms with Crippen LogP contribution in [0.15, 0.2) is 140 Å². The van der Waals surface area contributed by atoms with Gasteiger partial charge in [-0.05, 0) is 87.7 Å². The van der Waals surface area contributed by atoms with Gasteiger partial charge in [-0.1, -0.05) is 194 Å². The van der Waals surface area contributed by atoms with E-state index in [0.29, 0.717) is 25.6 Å². The van der Waals surface area contributed by atoms with Crippen LogP contribution in [0.4, 0.5) is 0 Å². The lowest BCUT2D eigenvalue weighted by atomic mass is 9.77. The molecule has 334 valence electrons. The van der Waals surface area contributed by atoms with Crippen molar-refractivity contribution >= 4 is 16.6 Å². The van der Waals surface area contributed by atoms with E-state index in [9.17, 15) is 0 Å². The Morgan fingerprint density at radius 2 is 1.06 bits per heavy atom. The van der Waals surface area contributed by atoms with E-state index in [1.54, 1.807) is 4.80 Å². The van der Waals surface area contributed by atoms with Gasteiger partial charge in [0.1, 0.15) is 5.82 Å². The molecule has 0 aliphatic heterocycles. The lowest BCUT2D eigenvalue weighted by molar-refractivity contribution is 0.260. The van der Waals surface area contributed by atoms with Crippen LogP contribution in [-0.4, -0.2) is 46.4 Å². The van der Waals surface area contributed by atoms with Gasteiger partial charge >= 0.3 is 0 Å². The maximum absolute atomic E-state index is 6.87. The summed E-state index contributed by atoms with van der Waals surface area (Å²) >= 11 is 0. The van der Waals surface area contributed by atoms with E-state index in [1.165, 1.54) is 11.3 Å². The molecule has 5 aromatic carbocycles. The number of unbranched alkanes of at least 4 members (excludes halogenated alkanes) is 1. The molecule has 0 radical (unpaired) electrons. The number of hydrogen-bond acceptors (Lipinski definition) is 6. The number of aromatic nitrogens is 6. The first-order valence-electron chi connectivity index (χ1n) is 23.0. The molecule has 0 bridgehead atoms. The molecular weight excluding hydrogens is 821 g/mol. The molecular formula is C54H68N6O2Si2. The average Bonchev–Trinajstić information content (AvgIpc) is 3.90. The fourth-order valence-electron chi connectivity index (χ4n) is 7.81. The number of imidazole rings is 1. The van der Waals surface area contributed by atoms with Gasteiger partial charge in [-0.3, -0.25) is 0 Å². The topological polar surface area (TPSA) is 79.9 Å². The zero-order valence-electron chi connectivity index (χ0n) is 40.0. The summed E-state index contributed by atoms with van der Waals surface area (Å²) in [4.78, 5) is 7.15. The lowest BCUT2D eigenvalue weighted by Gasteiger charge is -2.36. The molecule has 0 unspecified atom stereocenters. The normalized spacial score (nSPS) is 12.8. The smallest absolute Gasteiger partial charge is 0.205 e. The minimum atomic E-state index is -2.04. The molecule has 0 fully saturated rings. The number of nitrogens with zero attached hydrogens (tertiary/aromatic N) is 6. The van der Waals surface area contributed by atoms with Crippen molar-refractivity contribution in [1.29, 1.82) is 0 Å². The fraction of sp³-hybridized carbons (Fsp3) is 0.370. The summed E-state index contributed by atoms with van der Waals surface area (Å²) in [6.45, 7) is 27.0. The van der Waals surface area contributed by atoms with E-state index in [1.807, 2.05) is 24.3 Å². The van der Waals surface area contributed by atoms with Crippen molar-refractivity contribution in [1.82, 2.24) is 29.8 Å². The van der Waals surface area contributed by atoms with Crippen molar-refractivity contribution in [2.24, 2.45) is 0 Å². The van der Waals surface area contributed by atoms with Crippen LogP contribution in [0, 0.1) is 0 Å². The van der Waals surface area contributed by atoms with Gasteiger partial charge in [-0.25, -0.2) is 4.98 Å². The van der Waals surface area contributed by atoms with Crippen molar-refractivity contribution in [3.8, 4) is 22.5 Å². The average molecular weight is 889 g/mol. The second kappa shape index (κ2) is 19.1. The zero-order valence-corrected chi connectivity index (χ0v) is 42.0. The molecule has 64 heavy (non-hydrogen) atoms. The molecule has 0 atom stereocenters. The molecule has 2 heterocycles. The van der Waals surface area contributed by atoms with Crippen molar-refractivity contribution in [3.05, 3.63) is 179 Å². The highest BCUT2D eigenvalue weighted by atomic mass is 28.4. The Bertz CT molecular complexity index is 2490. The summed E-state index contributed by atoms with van der Waals surface area (Å²) in [5, 5.41) is 15.1. The van der Waals surface area contributed by atoms with E-state index < -0.39 is 22.2 Å². The SMILES string of the molecule is CCCCc1c(CO[Si](C)(C)C(C)(C)C)nc(CO[Si](C)(C)C(C)(C)C)n1Cc1ccc(-c2ccccc2-c2nnn(C(c3ccccc3)(c3ccccc3)c3ccccc3)n2)cc1. The summed E-state index contributed by atoms with van der Waals surface area (Å²) in [6, 6.07) is 48.7. The Morgan fingerprint density at radius 1 is 0.578 bits per heavy atom. The van der Waals surface area contributed by atoms with Gasteiger partial charge in [-0.2, -0.15) is 0 Å². The summed E-state index contributed by atoms with van der Waals surface area (Å²) in [5.74, 6) is 1.54. The maximum atomic E-state index is 6.87. The predicted molar refractivity (Wildman–Crippen MR) is 267 cm³/mol. The lowest BCUT2D eigenvalue weighted by Crippen LogP contribution is -2.40. The minimum Gasteiger partial charge on any atom is -0.411 e. The molecule has 0 aliphatic carbocycles. The molecule has 7 aromatic rings. The molecule has 0 spiro atoms. The molecule has 0 saturated carbocycles. The van der Waals surface area contributed by atoms with E-state index in [2.05, 4.69) is 194 Å². The van der Waals surface area contributed by atoms with Gasteiger partial charge in [-0.15, -0.1) is 15.0 Å². The van der Waals surface area contributed by atoms with E-state index in [-0.39, 0.29) is 10.1 Å². The van der Waals surface area contributed by atoms with Gasteiger partial charge in [0.25, 0.3) is 0 Å². The second-order valence-corrected chi connectivity index (χ2v) is 29.8. The fourth-order valence-corrected chi connectivity index (χ4v) is 9.66. The van der Waals surface area contributed by atoms with Crippen LogP contribution < -0.4 is 0 Å². The first kappa shape index (κ1) is 46.7. The first-order valence-corrected chi connectivity index (χ1v) is 28.8. The molecule has 0 aliphatic rings. The molecule has 8 nitrogen and oxygen atoms in total. The standard InChI is InChI=1S/C54H68N6O2Si2/c1-12-13-33-49-48(39-61-63(8,9)52(2,3)4)55-50(40-62-64(10,11)53(5,6)7)59(49)38-41-34-36-42(37-35-41)46-31-23-24-32-47(46)51-56-58-60(57-51)54(43-25-17-14-18-26-43,44-27-19-15-20-28-44)45-29-21-16-22-30-45/h14-32,34-37H,12-13,33,38-40H2,1-11H3. The molecule has 0 saturated heterocycles. The summed E-state index contributed by atoms with van der Waals surface area (Å²) in [6.07, 6.45) is 3.13. The zero-order chi connectivity index (χ0) is 45.8. The Labute approximate surface area is 384 Å². The highest BCUT2D eigenvalue weighted by molar-refractivity contribution is 6.74. The molecule has 10 heteroatoms. The Hall–Kier alpha value is -5.27. The molecule has 0 N–H and O–H groups in total. The summed E-state index contributed by atoms with van der Waals surface area (Å²) < 4.78 is 16.1. The van der Waals surface area contributed by atoms with Crippen LogP contribution in [0.3, 0.4) is 0 Å². The van der Waals surface area contributed by atoms with Crippen molar-refractivity contribution in [2.75, 3.05) is 0 Å². The van der Waals surface area contributed by atoms with Crippen molar-refractivity contribution in [2.45, 2.75) is 129 Å². The number of rotatable bonds is 17. The second-order valence-electron chi connectivity index (χ2n) is 20.2. The van der Waals surface area contributed by atoms with E-state index in [0.717, 1.165) is 64.2 Å². The third kappa shape index (κ3) is 9.71. The van der Waals surface area contributed by atoms with Gasteiger partial charge < -0.3 is 13.4 Å². The highest BCUT2D eigenvalue weighted by Gasteiger charge is 2.42. The molecule has 2 aromatic heterocycles. The first-order chi connectivity index (χ1) is 30.5. The van der Waals surface area contributed by atoms with Crippen LogP contribution in [0.5, 0.6) is 0 Å². The van der Waals surface area contributed by atoms with Gasteiger partial charge in [0.15, 0.2) is 22.2 Å². The van der Waals surface area contributed by atoms with Crippen LogP contribution in [0.2, 0.25) is 36.3 Å². The quantitative estimate of drug-likeness (QED) is 0.0669. The Morgan fingerprint density at radius 3 is 1.56 bits per heavy atom. The number of tetrazole rings is 1. The monoisotopic (exact) mass is 888 g/mol. The van der Waals surface area contributed by atoms with E-state index >= 15 is 0 Å². The Kier molecular flexibility index (Phi) is 13.9. The highest BCUT2D eigenvalue weighted by Crippen LogP contribution is 2.42. The van der Waals surface area contributed by atoms with Crippen LogP contribution in [0.1, 0.15) is 101 Å². The predicted octanol–water partition coefficient (Wildman–Crippen LogP) is 13.5. The van der Waals surface area contributed by atoms with Gasteiger partial charge in [0, 0.05) is 17.8 Å². The maximum Gasteiger partial charge on any atom is 0.205 e. The minimum absolute atomic E-state index is 0.0917. The van der Waals surface area contributed by atoms with Gasteiger partial charge in [0.05, 0.1) is 18.9 Å². The van der Waals surface area contributed by atoms with Crippen LogP contribution in [-0.2, 0) is 40.6 Å². The largest absolute Gasteiger partial charge is 0.411 e. The van der Waals surface area contributed by atoms with Crippen LogP contribution >= 0.6 is 0 Å². The number of hydrogen-bond donors (Lipinski definition) is 0. The van der Waals surface area contributed by atoms with Crippen LogP contribution in [0.25, 0.3) is 22.5 Å². The summed E-state index contributed by atoms with van der Waals surface area (Å²) in [7, 11) is -4.05. The summed E-state index contributed by atoms with van der Waals surface area (Å²) in [5.41, 5.74) is 8.81. The van der Waals surface area contributed by atoms with Crippen molar-refractivity contribution in [3.63, 3.8) is 0 Å². The third-order valence-electron chi connectivity index (χ3n) is 13.8.